The summed E-state index contributed by atoms with van der Waals surface area (Å²) in [6.07, 6.45) is 6.78. The molecule has 0 aromatic rings. The minimum absolute atomic E-state index is 0.342. The zero-order chi connectivity index (χ0) is 16.7. The number of hydrogen-bond acceptors (Lipinski definition) is 6. The highest BCUT2D eigenvalue weighted by atomic mass is 32.2. The highest BCUT2D eigenvalue weighted by Crippen LogP contribution is 2.32. The Bertz CT molecular complexity index is 599. The van der Waals surface area contributed by atoms with Crippen LogP contribution in [0.2, 0.25) is 0 Å². The van der Waals surface area contributed by atoms with Crippen molar-refractivity contribution in [2.75, 3.05) is 7.05 Å². The topological polar surface area (TPSA) is 82.5 Å². The predicted octanol–water partition coefficient (Wildman–Crippen LogP) is 3.18. The first kappa shape index (κ1) is 18.0. The molecule has 0 spiro atoms. The number of likely N-dealkylation sites (N-methyl/N-ethyl adjacent to an activating group) is 1. The molecule has 0 atom stereocenters. The summed E-state index contributed by atoms with van der Waals surface area (Å²) in [7, 11) is 1.70. The largest absolute Gasteiger partial charge is 0.405 e. The van der Waals surface area contributed by atoms with Gasteiger partial charge in [-0.15, -0.1) is 0 Å². The lowest BCUT2D eigenvalue weighted by Crippen LogP contribution is -2.14. The van der Waals surface area contributed by atoms with E-state index in [9.17, 15) is 4.79 Å². The summed E-state index contributed by atoms with van der Waals surface area (Å²) in [5, 5.41) is 14.3. The van der Waals surface area contributed by atoms with Crippen molar-refractivity contribution in [2.24, 2.45) is 10.8 Å². The van der Waals surface area contributed by atoms with E-state index < -0.39 is 0 Å². The third-order valence-electron chi connectivity index (χ3n) is 3.40. The molecule has 0 fully saturated rings. The zero-order valence-electron chi connectivity index (χ0n) is 13.2. The summed E-state index contributed by atoms with van der Waals surface area (Å²) < 4.78 is 0. The van der Waals surface area contributed by atoms with Crippen molar-refractivity contribution in [2.45, 2.75) is 26.7 Å². The van der Waals surface area contributed by atoms with E-state index in [-0.39, 0.29) is 0 Å². The van der Waals surface area contributed by atoms with Crippen molar-refractivity contribution < 1.29 is 4.79 Å². The molecule has 3 N–H and O–H groups in total. The first-order chi connectivity index (χ1) is 10.5. The third kappa shape index (κ3) is 4.21. The SMILES string of the molecule is C=C1SC(CC(/C=C\N)=C(/C)CC)=NN(C)C(C=O)=C1C=N. The number of carbonyl (C=O) groups is 1. The Labute approximate surface area is 135 Å². The van der Waals surface area contributed by atoms with Gasteiger partial charge in [-0.05, 0) is 31.2 Å². The quantitative estimate of drug-likeness (QED) is 0.447. The Morgan fingerprint density at radius 3 is 2.73 bits per heavy atom. The number of hydrogen-bond donors (Lipinski definition) is 2. The molecule has 22 heavy (non-hydrogen) atoms. The van der Waals surface area contributed by atoms with E-state index in [2.05, 4.69) is 25.5 Å². The van der Waals surface area contributed by atoms with Crippen LogP contribution in [0.25, 0.3) is 0 Å². The Hall–Kier alpha value is -2.08. The van der Waals surface area contributed by atoms with Gasteiger partial charge in [-0.3, -0.25) is 9.80 Å². The van der Waals surface area contributed by atoms with E-state index in [1.165, 1.54) is 28.5 Å². The van der Waals surface area contributed by atoms with Crippen LogP contribution < -0.4 is 5.73 Å². The molecule has 1 aliphatic rings. The molecule has 0 saturated heterocycles. The van der Waals surface area contributed by atoms with Crippen molar-refractivity contribution in [1.82, 2.24) is 5.01 Å². The van der Waals surface area contributed by atoms with Gasteiger partial charge >= 0.3 is 0 Å². The zero-order valence-corrected chi connectivity index (χ0v) is 14.0. The average Bonchev–Trinajstić information content (AvgIpc) is 2.61. The van der Waals surface area contributed by atoms with E-state index in [1.54, 1.807) is 7.05 Å². The lowest BCUT2D eigenvalue weighted by molar-refractivity contribution is -0.106. The Morgan fingerprint density at radius 2 is 2.23 bits per heavy atom. The van der Waals surface area contributed by atoms with Crippen LogP contribution in [0.3, 0.4) is 0 Å². The number of thioether (sulfide) groups is 1. The molecule has 0 bridgehead atoms. The number of nitrogens with zero attached hydrogens (tertiary/aromatic N) is 2. The van der Waals surface area contributed by atoms with Crippen LogP contribution in [0.15, 0.2) is 51.3 Å². The number of aldehydes is 1. The molecule has 118 valence electrons. The maximum atomic E-state index is 11.3. The number of carbonyl (C=O) groups excluding carboxylic acids is 1. The molecule has 5 nitrogen and oxygen atoms in total. The fourth-order valence-corrected chi connectivity index (χ4v) is 2.93. The molecule has 0 saturated carbocycles. The number of allylic oxidation sites excluding steroid dienone is 5. The summed E-state index contributed by atoms with van der Waals surface area (Å²) in [5.74, 6) is 0. The number of nitrogens with two attached hydrogens (primary N) is 1. The Morgan fingerprint density at radius 1 is 1.55 bits per heavy atom. The highest BCUT2D eigenvalue weighted by Gasteiger charge is 2.20. The van der Waals surface area contributed by atoms with Crippen LogP contribution in [0.1, 0.15) is 26.7 Å². The lowest BCUT2D eigenvalue weighted by atomic mass is 10.0. The van der Waals surface area contributed by atoms with Gasteiger partial charge in [0.2, 0.25) is 0 Å². The second kappa shape index (κ2) is 8.38. The molecular formula is C16H22N4OS. The van der Waals surface area contributed by atoms with Crippen molar-refractivity contribution >= 4 is 29.3 Å². The first-order valence-electron chi connectivity index (χ1n) is 6.93. The highest BCUT2D eigenvalue weighted by molar-refractivity contribution is 8.17. The summed E-state index contributed by atoms with van der Waals surface area (Å²) in [5.41, 5.74) is 8.70. The summed E-state index contributed by atoms with van der Waals surface area (Å²) in [6.45, 7) is 8.11. The van der Waals surface area contributed by atoms with Crippen molar-refractivity contribution in [3.05, 3.63) is 46.2 Å². The average molecular weight is 318 g/mol. The Balaban J connectivity index is 3.18. The van der Waals surface area contributed by atoms with Crippen LogP contribution in [0.5, 0.6) is 0 Å². The summed E-state index contributed by atoms with van der Waals surface area (Å²) >= 11 is 1.38. The fourth-order valence-electron chi connectivity index (χ4n) is 1.98. The van der Waals surface area contributed by atoms with E-state index in [0.717, 1.165) is 23.3 Å². The van der Waals surface area contributed by atoms with Crippen LogP contribution >= 0.6 is 11.8 Å². The first-order valence-corrected chi connectivity index (χ1v) is 7.75. The molecule has 1 heterocycles. The van der Waals surface area contributed by atoms with Crippen LogP contribution in [0, 0.1) is 5.41 Å². The predicted molar refractivity (Wildman–Crippen MR) is 94.7 cm³/mol. The third-order valence-corrected chi connectivity index (χ3v) is 4.33. The van der Waals surface area contributed by atoms with Gasteiger partial charge in [0, 0.05) is 30.2 Å². The van der Waals surface area contributed by atoms with Gasteiger partial charge < -0.3 is 11.1 Å². The second-order valence-corrected chi connectivity index (χ2v) is 5.97. The number of hydrazone groups is 1. The normalized spacial score (nSPS) is 17.3. The molecule has 0 aromatic carbocycles. The van der Waals surface area contributed by atoms with Crippen molar-refractivity contribution in [1.29, 1.82) is 5.41 Å². The summed E-state index contributed by atoms with van der Waals surface area (Å²) in [6, 6.07) is 0. The fraction of sp³-hybridized carbons (Fsp3) is 0.312. The van der Waals surface area contributed by atoms with Gasteiger partial charge in [-0.1, -0.05) is 30.8 Å². The number of rotatable bonds is 6. The molecule has 0 unspecified atom stereocenters. The van der Waals surface area contributed by atoms with Gasteiger partial charge in [0.25, 0.3) is 0 Å². The monoisotopic (exact) mass is 318 g/mol. The number of nitrogens with one attached hydrogen (secondary N) is 1. The minimum atomic E-state index is 0.342. The van der Waals surface area contributed by atoms with Gasteiger partial charge in [0.1, 0.15) is 10.7 Å². The maximum absolute atomic E-state index is 11.3. The van der Waals surface area contributed by atoms with Crippen molar-refractivity contribution in [3.63, 3.8) is 0 Å². The van der Waals surface area contributed by atoms with E-state index in [4.69, 9.17) is 11.1 Å². The molecule has 0 radical (unpaired) electrons. The smallest absolute Gasteiger partial charge is 0.168 e. The van der Waals surface area contributed by atoms with Crippen molar-refractivity contribution in [3.8, 4) is 0 Å². The minimum Gasteiger partial charge on any atom is -0.405 e. The maximum Gasteiger partial charge on any atom is 0.168 e. The summed E-state index contributed by atoms with van der Waals surface area (Å²) in [4.78, 5) is 11.9. The van der Waals surface area contributed by atoms with Crippen LogP contribution in [0.4, 0.5) is 0 Å². The van der Waals surface area contributed by atoms with E-state index in [1.807, 2.05) is 6.08 Å². The standard InChI is InChI=1S/C16H22N4OS/c1-5-11(2)13(6-7-17)8-16-19-20(4)15(10-21)14(9-18)12(3)22-16/h6-7,9-10,18H,3,5,8,17H2,1-2,4H3/b7-6-,13-11-,18-9?. The molecule has 0 aromatic heterocycles. The van der Waals surface area contributed by atoms with Gasteiger partial charge in [0.15, 0.2) is 6.29 Å². The molecular weight excluding hydrogens is 296 g/mol. The molecule has 0 amide bonds. The second-order valence-electron chi connectivity index (χ2n) is 4.80. The van der Waals surface area contributed by atoms with Crippen LogP contribution in [-0.4, -0.2) is 29.6 Å². The molecule has 0 aliphatic carbocycles. The lowest BCUT2D eigenvalue weighted by Gasteiger charge is -2.13. The van der Waals surface area contributed by atoms with E-state index >= 15 is 0 Å². The van der Waals surface area contributed by atoms with E-state index in [0.29, 0.717) is 28.9 Å². The van der Waals surface area contributed by atoms with Gasteiger partial charge in [-0.25, -0.2) is 0 Å². The molecule has 1 rings (SSSR count). The van der Waals surface area contributed by atoms with Gasteiger partial charge in [-0.2, -0.15) is 5.10 Å². The molecule has 1 aliphatic heterocycles. The molecule has 6 heteroatoms. The van der Waals surface area contributed by atoms with Crippen LogP contribution in [-0.2, 0) is 4.79 Å². The van der Waals surface area contributed by atoms with Gasteiger partial charge in [0.05, 0.1) is 0 Å². The Kier molecular flexibility index (Phi) is 6.85.